The Balaban J connectivity index is 1.87. The van der Waals surface area contributed by atoms with Crippen molar-refractivity contribution in [3.8, 4) is 5.75 Å². The Morgan fingerprint density at radius 3 is 2.74 bits per heavy atom. The highest BCUT2D eigenvalue weighted by Crippen LogP contribution is 2.31. The zero-order valence-electron chi connectivity index (χ0n) is 13.0. The Morgan fingerprint density at radius 1 is 1.35 bits per heavy atom. The standard InChI is InChI=1S/C16H18Br2N2O3/c1-16(2)7-11(6-12(21)8-16)19-20-15(22)9-23-14-4-3-10(17)5-13(14)18/h3-5H,6-9H2,1-2H3,(H,20,22)/b19-11+. The third-order valence-electron chi connectivity index (χ3n) is 3.35. The van der Waals surface area contributed by atoms with Gasteiger partial charge in [0, 0.05) is 23.0 Å². The molecule has 1 saturated carbocycles. The Morgan fingerprint density at radius 2 is 2.09 bits per heavy atom. The number of carbonyl (C=O) groups excluding carboxylic acids is 2. The van der Waals surface area contributed by atoms with Gasteiger partial charge in [-0.05, 0) is 46.0 Å². The Bertz CT molecular complexity index is 657. The van der Waals surface area contributed by atoms with Crippen LogP contribution in [0.3, 0.4) is 0 Å². The van der Waals surface area contributed by atoms with Crippen molar-refractivity contribution in [2.75, 3.05) is 6.61 Å². The van der Waals surface area contributed by atoms with Crippen molar-refractivity contribution >= 4 is 49.3 Å². The molecular weight excluding hydrogens is 428 g/mol. The number of nitrogens with one attached hydrogen (secondary N) is 1. The predicted molar refractivity (Wildman–Crippen MR) is 95.6 cm³/mol. The van der Waals surface area contributed by atoms with Gasteiger partial charge in [-0.25, -0.2) is 5.43 Å². The van der Waals surface area contributed by atoms with E-state index in [2.05, 4.69) is 42.4 Å². The van der Waals surface area contributed by atoms with Crippen LogP contribution in [-0.2, 0) is 9.59 Å². The molecular formula is C16H18Br2N2O3. The minimum Gasteiger partial charge on any atom is -0.483 e. The molecule has 5 nitrogen and oxygen atoms in total. The molecule has 0 radical (unpaired) electrons. The van der Waals surface area contributed by atoms with E-state index in [9.17, 15) is 9.59 Å². The SMILES string of the molecule is CC1(C)CC(=O)C/C(=N\NC(=O)COc2ccc(Br)cc2Br)C1. The molecule has 0 aliphatic heterocycles. The normalized spacial score (nSPS) is 18.8. The Hall–Kier alpha value is -1.21. The third kappa shape index (κ3) is 5.73. The van der Waals surface area contributed by atoms with Crippen LogP contribution in [0.15, 0.2) is 32.2 Å². The molecule has 1 aliphatic rings. The maximum atomic E-state index is 11.8. The van der Waals surface area contributed by atoms with Gasteiger partial charge in [-0.15, -0.1) is 0 Å². The van der Waals surface area contributed by atoms with Crippen LogP contribution >= 0.6 is 31.9 Å². The summed E-state index contributed by atoms with van der Waals surface area (Å²) in [7, 11) is 0. The van der Waals surface area contributed by atoms with E-state index in [0.29, 0.717) is 30.7 Å². The first-order valence-electron chi connectivity index (χ1n) is 7.19. The molecule has 1 N–H and O–H groups in total. The molecule has 1 aromatic carbocycles. The second-order valence-electron chi connectivity index (χ2n) is 6.31. The van der Waals surface area contributed by atoms with Gasteiger partial charge in [0.2, 0.25) is 0 Å². The molecule has 0 spiro atoms. The number of hydrogen-bond donors (Lipinski definition) is 1. The number of carbonyl (C=O) groups is 2. The van der Waals surface area contributed by atoms with Crippen molar-refractivity contribution in [2.45, 2.75) is 33.1 Å². The van der Waals surface area contributed by atoms with Gasteiger partial charge in [0.1, 0.15) is 11.5 Å². The number of Topliss-reactive ketones (excluding diaryl/α,β-unsaturated/α-hetero) is 1. The topological polar surface area (TPSA) is 67.8 Å². The molecule has 124 valence electrons. The van der Waals surface area contributed by atoms with Crippen LogP contribution in [0.25, 0.3) is 0 Å². The van der Waals surface area contributed by atoms with Crippen molar-refractivity contribution in [1.29, 1.82) is 0 Å². The zero-order valence-corrected chi connectivity index (χ0v) is 16.2. The summed E-state index contributed by atoms with van der Waals surface area (Å²) in [4.78, 5) is 23.5. The lowest BCUT2D eigenvalue weighted by atomic mass is 9.76. The zero-order chi connectivity index (χ0) is 17.0. The van der Waals surface area contributed by atoms with Crippen molar-refractivity contribution < 1.29 is 14.3 Å². The highest BCUT2D eigenvalue weighted by atomic mass is 79.9. The van der Waals surface area contributed by atoms with Gasteiger partial charge in [0.05, 0.1) is 4.47 Å². The molecule has 0 atom stereocenters. The summed E-state index contributed by atoms with van der Waals surface area (Å²) in [5.41, 5.74) is 3.07. The molecule has 1 fully saturated rings. The number of ketones is 1. The van der Waals surface area contributed by atoms with E-state index in [4.69, 9.17) is 4.74 Å². The van der Waals surface area contributed by atoms with Gasteiger partial charge in [0.25, 0.3) is 5.91 Å². The van der Waals surface area contributed by atoms with E-state index in [0.717, 1.165) is 8.95 Å². The smallest absolute Gasteiger partial charge is 0.277 e. The highest BCUT2D eigenvalue weighted by Gasteiger charge is 2.30. The minimum atomic E-state index is -0.358. The number of ether oxygens (including phenoxy) is 1. The van der Waals surface area contributed by atoms with E-state index in [1.807, 2.05) is 26.0 Å². The van der Waals surface area contributed by atoms with Crippen LogP contribution < -0.4 is 10.2 Å². The molecule has 1 aromatic rings. The molecule has 1 aliphatic carbocycles. The van der Waals surface area contributed by atoms with Crippen LogP contribution in [0.5, 0.6) is 5.75 Å². The van der Waals surface area contributed by atoms with Gasteiger partial charge < -0.3 is 4.74 Å². The van der Waals surface area contributed by atoms with Crippen LogP contribution in [0, 0.1) is 5.41 Å². The number of hydrogen-bond acceptors (Lipinski definition) is 4. The van der Waals surface area contributed by atoms with E-state index in [1.165, 1.54) is 0 Å². The molecule has 0 heterocycles. The lowest BCUT2D eigenvalue weighted by Gasteiger charge is -2.28. The van der Waals surface area contributed by atoms with Crippen molar-refractivity contribution in [3.63, 3.8) is 0 Å². The van der Waals surface area contributed by atoms with Crippen LogP contribution in [-0.4, -0.2) is 24.0 Å². The van der Waals surface area contributed by atoms with Gasteiger partial charge in [-0.2, -0.15) is 5.10 Å². The summed E-state index contributed by atoms with van der Waals surface area (Å²) in [6.45, 7) is 3.90. The van der Waals surface area contributed by atoms with E-state index >= 15 is 0 Å². The van der Waals surface area contributed by atoms with Crippen molar-refractivity contribution in [3.05, 3.63) is 27.1 Å². The van der Waals surface area contributed by atoms with Crippen LogP contribution in [0.2, 0.25) is 0 Å². The maximum Gasteiger partial charge on any atom is 0.277 e. The molecule has 0 bridgehead atoms. The second-order valence-corrected chi connectivity index (χ2v) is 8.08. The fraction of sp³-hybridized carbons (Fsp3) is 0.438. The maximum absolute atomic E-state index is 11.8. The summed E-state index contributed by atoms with van der Waals surface area (Å²) in [5.74, 6) is 0.373. The van der Waals surface area contributed by atoms with Crippen molar-refractivity contribution in [2.24, 2.45) is 10.5 Å². The molecule has 7 heteroatoms. The number of rotatable bonds is 4. The summed E-state index contributed by atoms with van der Waals surface area (Å²) in [6, 6.07) is 5.42. The number of halogens is 2. The van der Waals surface area contributed by atoms with E-state index < -0.39 is 0 Å². The fourth-order valence-electron chi connectivity index (χ4n) is 2.49. The van der Waals surface area contributed by atoms with Gasteiger partial charge >= 0.3 is 0 Å². The van der Waals surface area contributed by atoms with Crippen molar-refractivity contribution in [1.82, 2.24) is 5.43 Å². The summed E-state index contributed by atoms with van der Waals surface area (Å²) < 4.78 is 7.11. The third-order valence-corrected chi connectivity index (χ3v) is 4.46. The largest absolute Gasteiger partial charge is 0.483 e. The van der Waals surface area contributed by atoms with E-state index in [-0.39, 0.29) is 23.7 Å². The molecule has 0 aromatic heterocycles. The van der Waals surface area contributed by atoms with Crippen LogP contribution in [0.1, 0.15) is 33.1 Å². The van der Waals surface area contributed by atoms with Gasteiger partial charge in [-0.1, -0.05) is 29.8 Å². The second kappa shape index (κ2) is 7.57. The number of amides is 1. The summed E-state index contributed by atoms with van der Waals surface area (Å²) in [5, 5.41) is 4.08. The lowest BCUT2D eigenvalue weighted by Crippen LogP contribution is -2.32. The Kier molecular flexibility index (Phi) is 5.97. The average molecular weight is 446 g/mol. The molecule has 0 saturated heterocycles. The molecule has 0 unspecified atom stereocenters. The highest BCUT2D eigenvalue weighted by molar-refractivity contribution is 9.11. The lowest BCUT2D eigenvalue weighted by molar-refractivity contribution is -0.123. The van der Waals surface area contributed by atoms with Crippen LogP contribution in [0.4, 0.5) is 0 Å². The number of nitrogens with zero attached hydrogens (tertiary/aromatic N) is 1. The average Bonchev–Trinajstić information content (AvgIpc) is 2.42. The quantitative estimate of drug-likeness (QED) is 0.715. The molecule has 23 heavy (non-hydrogen) atoms. The number of benzene rings is 1. The predicted octanol–water partition coefficient (Wildman–Crippen LogP) is 3.84. The van der Waals surface area contributed by atoms with Gasteiger partial charge in [0.15, 0.2) is 6.61 Å². The molecule has 1 amide bonds. The summed E-state index contributed by atoms with van der Waals surface area (Å²) in [6.07, 6.45) is 1.57. The Labute approximate surface area is 152 Å². The molecule has 2 rings (SSSR count). The fourth-order valence-corrected chi connectivity index (χ4v) is 3.65. The van der Waals surface area contributed by atoms with E-state index in [1.54, 1.807) is 6.07 Å². The van der Waals surface area contributed by atoms with Gasteiger partial charge in [-0.3, -0.25) is 9.59 Å². The first kappa shape index (κ1) is 18.1. The first-order chi connectivity index (χ1) is 10.7. The summed E-state index contributed by atoms with van der Waals surface area (Å²) >= 11 is 6.72. The monoisotopic (exact) mass is 444 g/mol. The number of hydrazone groups is 1. The first-order valence-corrected chi connectivity index (χ1v) is 8.78. The minimum absolute atomic E-state index is 0.0995.